The average molecular weight is 316 g/mol. The molecule has 0 saturated heterocycles. The van der Waals surface area contributed by atoms with Crippen molar-refractivity contribution in [1.82, 2.24) is 0 Å². The molecule has 1 atom stereocenters. The molecule has 2 N–H and O–H groups in total. The normalized spacial score (nSPS) is 20.7. The van der Waals surface area contributed by atoms with Gasteiger partial charge in [-0.1, -0.05) is 31.4 Å². The summed E-state index contributed by atoms with van der Waals surface area (Å²) in [4.78, 5) is 0. The molecule has 0 aliphatic heterocycles. The maximum absolute atomic E-state index is 14.1. The number of methoxy groups -OCH3 is 1. The molecule has 0 aromatic heterocycles. The van der Waals surface area contributed by atoms with Crippen molar-refractivity contribution in [1.29, 1.82) is 0 Å². The van der Waals surface area contributed by atoms with Gasteiger partial charge in [-0.3, -0.25) is 0 Å². The van der Waals surface area contributed by atoms with Crippen LogP contribution in [0, 0.1) is 5.82 Å². The Morgan fingerprint density at radius 1 is 1.33 bits per heavy atom. The zero-order chi connectivity index (χ0) is 13.2. The van der Waals surface area contributed by atoms with Gasteiger partial charge < -0.3 is 10.5 Å². The van der Waals surface area contributed by atoms with Crippen LogP contribution in [0.5, 0.6) is 0 Å². The first kappa shape index (κ1) is 14.0. The van der Waals surface area contributed by atoms with E-state index in [1.54, 1.807) is 19.2 Å². The fraction of sp³-hybridized carbons (Fsp3) is 0.571. The van der Waals surface area contributed by atoms with Gasteiger partial charge >= 0.3 is 0 Å². The Bertz CT molecular complexity index is 418. The number of nitrogens with two attached hydrogens (primary N) is 1. The van der Waals surface area contributed by atoms with Crippen molar-refractivity contribution in [3.63, 3.8) is 0 Å². The standard InChI is InChI=1S/C14H19BrFNO/c1-18-14(8-3-2-4-9-14)13(17)10-6-5-7-11(15)12(10)16/h5-7,13H,2-4,8-9,17H2,1H3. The second-order valence-electron chi connectivity index (χ2n) is 4.95. The second kappa shape index (κ2) is 5.68. The van der Waals surface area contributed by atoms with E-state index < -0.39 is 11.6 Å². The highest BCUT2D eigenvalue weighted by Crippen LogP contribution is 2.41. The highest BCUT2D eigenvalue weighted by molar-refractivity contribution is 9.10. The van der Waals surface area contributed by atoms with Gasteiger partial charge in [0.2, 0.25) is 0 Å². The Morgan fingerprint density at radius 2 is 2.00 bits per heavy atom. The Kier molecular flexibility index (Phi) is 4.41. The van der Waals surface area contributed by atoms with E-state index in [1.807, 2.05) is 6.07 Å². The fourth-order valence-electron chi connectivity index (χ4n) is 2.84. The lowest BCUT2D eigenvalue weighted by atomic mass is 9.77. The molecule has 18 heavy (non-hydrogen) atoms. The third-order valence-electron chi connectivity index (χ3n) is 3.99. The SMILES string of the molecule is COC1(C(N)c2cccc(Br)c2F)CCCCC1. The number of hydrogen-bond donors (Lipinski definition) is 1. The van der Waals surface area contributed by atoms with Gasteiger partial charge in [0.25, 0.3) is 0 Å². The molecule has 1 aliphatic rings. The van der Waals surface area contributed by atoms with Crippen LogP contribution < -0.4 is 5.73 Å². The molecule has 1 saturated carbocycles. The van der Waals surface area contributed by atoms with E-state index >= 15 is 0 Å². The van der Waals surface area contributed by atoms with E-state index in [-0.39, 0.29) is 5.82 Å². The van der Waals surface area contributed by atoms with E-state index in [4.69, 9.17) is 10.5 Å². The van der Waals surface area contributed by atoms with Gasteiger partial charge in [-0.25, -0.2) is 4.39 Å². The molecule has 1 aromatic carbocycles. The van der Waals surface area contributed by atoms with E-state index in [1.165, 1.54) is 6.42 Å². The lowest BCUT2D eigenvalue weighted by molar-refractivity contribution is -0.0602. The van der Waals surface area contributed by atoms with Crippen molar-refractivity contribution in [2.75, 3.05) is 7.11 Å². The monoisotopic (exact) mass is 315 g/mol. The van der Waals surface area contributed by atoms with Gasteiger partial charge in [-0.15, -0.1) is 0 Å². The van der Waals surface area contributed by atoms with Gasteiger partial charge in [0.15, 0.2) is 0 Å². The number of halogens is 2. The minimum Gasteiger partial charge on any atom is -0.376 e. The first-order valence-electron chi connectivity index (χ1n) is 6.35. The minimum absolute atomic E-state index is 0.271. The molecule has 1 aromatic rings. The molecule has 0 spiro atoms. The summed E-state index contributed by atoms with van der Waals surface area (Å²) >= 11 is 3.21. The number of benzene rings is 1. The van der Waals surface area contributed by atoms with Gasteiger partial charge in [0.05, 0.1) is 16.1 Å². The summed E-state index contributed by atoms with van der Waals surface area (Å²) < 4.78 is 20.3. The molecule has 0 bridgehead atoms. The van der Waals surface area contributed by atoms with Crippen molar-refractivity contribution in [2.45, 2.75) is 43.7 Å². The van der Waals surface area contributed by atoms with E-state index in [0.29, 0.717) is 10.0 Å². The zero-order valence-corrected chi connectivity index (χ0v) is 12.2. The van der Waals surface area contributed by atoms with E-state index in [9.17, 15) is 4.39 Å². The Morgan fingerprint density at radius 3 is 2.61 bits per heavy atom. The third-order valence-corrected chi connectivity index (χ3v) is 4.60. The number of rotatable bonds is 3. The van der Waals surface area contributed by atoms with Crippen LogP contribution in [-0.4, -0.2) is 12.7 Å². The molecule has 0 radical (unpaired) electrons. The van der Waals surface area contributed by atoms with Gasteiger partial charge in [0.1, 0.15) is 5.82 Å². The van der Waals surface area contributed by atoms with Crippen LogP contribution in [0.4, 0.5) is 4.39 Å². The van der Waals surface area contributed by atoms with Gasteiger partial charge in [-0.2, -0.15) is 0 Å². The summed E-state index contributed by atoms with van der Waals surface area (Å²) in [6, 6.07) is 4.83. The summed E-state index contributed by atoms with van der Waals surface area (Å²) in [6.07, 6.45) is 5.19. The average Bonchev–Trinajstić information content (AvgIpc) is 2.42. The van der Waals surface area contributed by atoms with Crippen molar-refractivity contribution in [3.05, 3.63) is 34.1 Å². The second-order valence-corrected chi connectivity index (χ2v) is 5.80. The number of ether oxygens (including phenoxy) is 1. The number of hydrogen-bond acceptors (Lipinski definition) is 2. The van der Waals surface area contributed by atoms with Gasteiger partial charge in [-0.05, 0) is 34.8 Å². The molecule has 0 amide bonds. The Balaban J connectivity index is 2.33. The quantitative estimate of drug-likeness (QED) is 0.917. The summed E-state index contributed by atoms with van der Waals surface area (Å²) in [6.45, 7) is 0. The van der Waals surface area contributed by atoms with Crippen LogP contribution in [0.2, 0.25) is 0 Å². The fourth-order valence-corrected chi connectivity index (χ4v) is 3.22. The van der Waals surface area contributed by atoms with E-state index in [2.05, 4.69) is 15.9 Å². The molecule has 4 heteroatoms. The highest BCUT2D eigenvalue weighted by Gasteiger charge is 2.40. The molecular weight excluding hydrogens is 297 g/mol. The molecule has 0 heterocycles. The molecule has 1 aliphatic carbocycles. The van der Waals surface area contributed by atoms with Crippen LogP contribution in [0.15, 0.2) is 22.7 Å². The smallest absolute Gasteiger partial charge is 0.142 e. The summed E-state index contributed by atoms with van der Waals surface area (Å²) in [7, 11) is 1.68. The summed E-state index contributed by atoms with van der Waals surface area (Å²) in [5, 5.41) is 0. The van der Waals surface area contributed by atoms with Gasteiger partial charge in [0, 0.05) is 12.7 Å². The predicted octanol–water partition coefficient (Wildman–Crippen LogP) is 3.94. The zero-order valence-electron chi connectivity index (χ0n) is 10.6. The minimum atomic E-state index is -0.417. The van der Waals surface area contributed by atoms with Crippen molar-refractivity contribution < 1.29 is 9.13 Å². The van der Waals surface area contributed by atoms with Crippen molar-refractivity contribution in [2.24, 2.45) is 5.73 Å². The van der Waals surface area contributed by atoms with Crippen molar-refractivity contribution >= 4 is 15.9 Å². The first-order valence-corrected chi connectivity index (χ1v) is 7.15. The van der Waals surface area contributed by atoms with E-state index in [0.717, 1.165) is 25.7 Å². The summed E-state index contributed by atoms with van der Waals surface area (Å²) in [5.41, 5.74) is 6.42. The molecular formula is C14H19BrFNO. The lowest BCUT2D eigenvalue weighted by Gasteiger charge is -2.41. The maximum Gasteiger partial charge on any atom is 0.142 e. The third kappa shape index (κ3) is 2.46. The first-order chi connectivity index (χ1) is 8.60. The predicted molar refractivity (Wildman–Crippen MR) is 73.9 cm³/mol. The van der Waals surface area contributed by atoms with Crippen LogP contribution in [-0.2, 0) is 4.74 Å². The summed E-state index contributed by atoms with van der Waals surface area (Å²) in [5.74, 6) is -0.271. The van der Waals surface area contributed by atoms with Crippen LogP contribution >= 0.6 is 15.9 Å². The Hall–Kier alpha value is -0.450. The van der Waals surface area contributed by atoms with Crippen LogP contribution in [0.3, 0.4) is 0 Å². The molecule has 2 rings (SSSR count). The topological polar surface area (TPSA) is 35.2 Å². The molecule has 1 unspecified atom stereocenters. The highest BCUT2D eigenvalue weighted by atomic mass is 79.9. The molecule has 100 valence electrons. The Labute approximate surface area is 116 Å². The van der Waals surface area contributed by atoms with Crippen LogP contribution in [0.25, 0.3) is 0 Å². The maximum atomic E-state index is 14.1. The largest absolute Gasteiger partial charge is 0.376 e. The van der Waals surface area contributed by atoms with Crippen LogP contribution in [0.1, 0.15) is 43.7 Å². The molecule has 2 nitrogen and oxygen atoms in total. The lowest BCUT2D eigenvalue weighted by Crippen LogP contribution is -2.45. The van der Waals surface area contributed by atoms with Crippen molar-refractivity contribution in [3.8, 4) is 0 Å². The molecule has 1 fully saturated rings.